The van der Waals surface area contributed by atoms with E-state index in [0.29, 0.717) is 48.2 Å². The molecule has 0 amide bonds. The number of carbonyl (C=O) groups is 1. The lowest BCUT2D eigenvalue weighted by molar-refractivity contribution is -0.137. The van der Waals surface area contributed by atoms with Gasteiger partial charge in [0.2, 0.25) is 5.82 Å². The van der Waals surface area contributed by atoms with Gasteiger partial charge in [-0.25, -0.2) is 19.3 Å². The maximum atomic E-state index is 14.0. The van der Waals surface area contributed by atoms with E-state index in [9.17, 15) is 19.4 Å². The van der Waals surface area contributed by atoms with E-state index >= 15 is 0 Å². The van der Waals surface area contributed by atoms with Gasteiger partial charge in [0.05, 0.1) is 0 Å². The minimum absolute atomic E-state index is 0.0406. The molecule has 0 radical (unpaired) electrons. The van der Waals surface area contributed by atoms with Gasteiger partial charge in [-0.2, -0.15) is 0 Å². The highest BCUT2D eigenvalue weighted by Crippen LogP contribution is 2.33. The van der Waals surface area contributed by atoms with Crippen LogP contribution >= 0.6 is 0 Å². The van der Waals surface area contributed by atoms with Gasteiger partial charge in [0, 0.05) is 18.0 Å². The van der Waals surface area contributed by atoms with Gasteiger partial charge in [-0.15, -0.1) is 0 Å². The summed E-state index contributed by atoms with van der Waals surface area (Å²) in [6.45, 7) is 1.94. The predicted molar refractivity (Wildman–Crippen MR) is 126 cm³/mol. The molecule has 0 saturated heterocycles. The number of nitrogen functional groups attached to an aromatic ring is 1. The number of aromatic nitrogens is 4. The minimum Gasteiger partial charge on any atom is -0.481 e. The SMILES string of the molecule is CCC(CCC(=O)O)n1c(-c2cccc(F)c2)nc2c(N)nc(C#CC3(O)CCCCC3)nc21. The molecule has 1 aliphatic rings. The molecular weight excluding hydrogens is 437 g/mol. The first kappa shape index (κ1) is 23.6. The van der Waals surface area contributed by atoms with Crippen molar-refractivity contribution in [1.29, 1.82) is 0 Å². The zero-order valence-corrected chi connectivity index (χ0v) is 19.1. The van der Waals surface area contributed by atoms with Crippen molar-refractivity contribution >= 4 is 23.0 Å². The maximum absolute atomic E-state index is 14.0. The molecule has 4 rings (SSSR count). The fraction of sp³-hybridized carbons (Fsp3) is 0.440. The molecule has 9 heteroatoms. The Hall–Kier alpha value is -3.51. The van der Waals surface area contributed by atoms with Gasteiger partial charge < -0.3 is 20.5 Å². The number of hydrogen-bond donors (Lipinski definition) is 3. The molecule has 178 valence electrons. The summed E-state index contributed by atoms with van der Waals surface area (Å²) in [5.41, 5.74) is 6.44. The van der Waals surface area contributed by atoms with Gasteiger partial charge in [0.1, 0.15) is 17.2 Å². The molecular formula is C25H28FN5O3. The number of halogens is 1. The van der Waals surface area contributed by atoms with E-state index in [2.05, 4.69) is 26.8 Å². The number of aliphatic carboxylic acids is 1. The van der Waals surface area contributed by atoms with Crippen LogP contribution in [0.2, 0.25) is 0 Å². The number of nitrogens with two attached hydrogens (primary N) is 1. The largest absolute Gasteiger partial charge is 0.481 e. The Labute approximate surface area is 197 Å². The third kappa shape index (κ3) is 5.02. The van der Waals surface area contributed by atoms with Crippen molar-refractivity contribution < 1.29 is 19.4 Å². The molecule has 3 aromatic rings. The van der Waals surface area contributed by atoms with Crippen molar-refractivity contribution in [2.45, 2.75) is 69.9 Å². The number of anilines is 1. The Kier molecular flexibility index (Phi) is 6.80. The summed E-state index contributed by atoms with van der Waals surface area (Å²) >= 11 is 0. The second-order valence-electron chi connectivity index (χ2n) is 8.76. The number of aliphatic hydroxyl groups is 1. The Balaban J connectivity index is 1.87. The van der Waals surface area contributed by atoms with Gasteiger partial charge in [-0.05, 0) is 56.6 Å². The van der Waals surface area contributed by atoms with Gasteiger partial charge in [-0.3, -0.25) is 4.79 Å². The molecule has 0 bridgehead atoms. The average Bonchev–Trinajstić information content (AvgIpc) is 3.19. The number of carboxylic acids is 1. The zero-order chi connectivity index (χ0) is 24.3. The van der Waals surface area contributed by atoms with E-state index in [-0.39, 0.29) is 24.1 Å². The van der Waals surface area contributed by atoms with E-state index in [0.717, 1.165) is 19.3 Å². The molecule has 0 aliphatic heterocycles. The lowest BCUT2D eigenvalue weighted by Gasteiger charge is -2.26. The first-order valence-electron chi connectivity index (χ1n) is 11.6. The second kappa shape index (κ2) is 9.77. The number of rotatable bonds is 6. The van der Waals surface area contributed by atoms with Gasteiger partial charge in [-0.1, -0.05) is 31.4 Å². The van der Waals surface area contributed by atoms with Crippen molar-refractivity contribution in [3.8, 4) is 23.2 Å². The normalized spacial score (nSPS) is 16.1. The second-order valence-corrected chi connectivity index (χ2v) is 8.76. The maximum Gasteiger partial charge on any atom is 0.303 e. The first-order chi connectivity index (χ1) is 16.3. The fourth-order valence-electron chi connectivity index (χ4n) is 4.47. The number of benzene rings is 1. The van der Waals surface area contributed by atoms with Crippen LogP contribution in [-0.2, 0) is 4.79 Å². The smallest absolute Gasteiger partial charge is 0.303 e. The van der Waals surface area contributed by atoms with E-state index in [4.69, 9.17) is 5.73 Å². The zero-order valence-electron chi connectivity index (χ0n) is 19.1. The molecule has 0 spiro atoms. The van der Waals surface area contributed by atoms with E-state index in [1.54, 1.807) is 12.1 Å². The molecule has 8 nitrogen and oxygen atoms in total. The summed E-state index contributed by atoms with van der Waals surface area (Å²) in [4.78, 5) is 24.8. The van der Waals surface area contributed by atoms with Crippen molar-refractivity contribution in [2.24, 2.45) is 0 Å². The van der Waals surface area contributed by atoms with E-state index in [1.807, 2.05) is 11.5 Å². The van der Waals surface area contributed by atoms with Crippen molar-refractivity contribution in [3.63, 3.8) is 0 Å². The van der Waals surface area contributed by atoms with Crippen LogP contribution in [0, 0.1) is 17.7 Å². The van der Waals surface area contributed by atoms with Crippen LogP contribution in [0.1, 0.15) is 70.2 Å². The number of nitrogens with zero attached hydrogens (tertiary/aromatic N) is 4. The Bertz CT molecular complexity index is 1270. The number of imidazole rings is 1. The van der Waals surface area contributed by atoms with Gasteiger partial charge >= 0.3 is 5.97 Å². The molecule has 1 atom stereocenters. The van der Waals surface area contributed by atoms with Crippen molar-refractivity contribution in [1.82, 2.24) is 19.5 Å². The molecule has 1 aliphatic carbocycles. The van der Waals surface area contributed by atoms with Gasteiger partial charge in [0.15, 0.2) is 17.0 Å². The van der Waals surface area contributed by atoms with E-state index < -0.39 is 17.4 Å². The van der Waals surface area contributed by atoms with Crippen LogP contribution in [0.25, 0.3) is 22.6 Å². The summed E-state index contributed by atoms with van der Waals surface area (Å²) < 4.78 is 15.8. The first-order valence-corrected chi connectivity index (χ1v) is 11.6. The number of carboxylic acid groups (broad SMARTS) is 1. The van der Waals surface area contributed by atoms with Gasteiger partial charge in [0.25, 0.3) is 0 Å². The Morgan fingerprint density at radius 3 is 2.71 bits per heavy atom. The molecule has 4 N–H and O–H groups in total. The van der Waals surface area contributed by atoms with Crippen LogP contribution < -0.4 is 5.73 Å². The average molecular weight is 466 g/mol. The van der Waals surface area contributed by atoms with Crippen LogP contribution in [0.3, 0.4) is 0 Å². The summed E-state index contributed by atoms with van der Waals surface area (Å²) in [5.74, 6) is 5.19. The van der Waals surface area contributed by atoms with Crippen LogP contribution in [0.5, 0.6) is 0 Å². The third-order valence-corrected chi connectivity index (χ3v) is 6.26. The third-order valence-electron chi connectivity index (χ3n) is 6.26. The predicted octanol–water partition coefficient (Wildman–Crippen LogP) is 4.08. The molecule has 1 saturated carbocycles. The Morgan fingerprint density at radius 1 is 1.26 bits per heavy atom. The number of hydrogen-bond acceptors (Lipinski definition) is 6. The minimum atomic E-state index is -1.06. The van der Waals surface area contributed by atoms with Crippen LogP contribution in [0.15, 0.2) is 24.3 Å². The summed E-state index contributed by atoms with van der Waals surface area (Å²) in [7, 11) is 0. The molecule has 2 heterocycles. The fourth-order valence-corrected chi connectivity index (χ4v) is 4.47. The van der Waals surface area contributed by atoms with Crippen LogP contribution in [0.4, 0.5) is 10.2 Å². The lowest BCUT2D eigenvalue weighted by atomic mass is 9.85. The monoisotopic (exact) mass is 465 g/mol. The molecule has 1 aromatic carbocycles. The molecule has 34 heavy (non-hydrogen) atoms. The quantitative estimate of drug-likeness (QED) is 0.468. The highest BCUT2D eigenvalue weighted by atomic mass is 19.1. The topological polar surface area (TPSA) is 127 Å². The lowest BCUT2D eigenvalue weighted by Crippen LogP contribution is -2.29. The standard InChI is InChI=1S/C25H28FN5O3/c1-2-18(9-10-20(32)33)31-23(16-7-6-8-17(26)15-16)30-21-22(27)28-19(29-24(21)31)11-14-25(34)12-4-3-5-13-25/h6-8,15,18,34H,2-5,9-10,12-13H2,1H3,(H,32,33)(H2,27,28,29). The summed E-state index contributed by atoms with van der Waals surface area (Å²) in [6, 6.07) is 5.76. The molecule has 1 unspecified atom stereocenters. The van der Waals surface area contributed by atoms with Crippen molar-refractivity contribution in [3.05, 3.63) is 35.9 Å². The summed E-state index contributed by atoms with van der Waals surface area (Å²) in [6.07, 6.45) is 5.02. The highest BCUT2D eigenvalue weighted by molar-refractivity contribution is 5.86. The summed E-state index contributed by atoms with van der Waals surface area (Å²) in [5, 5.41) is 20.0. The Morgan fingerprint density at radius 2 is 2.03 bits per heavy atom. The van der Waals surface area contributed by atoms with E-state index in [1.165, 1.54) is 12.1 Å². The highest BCUT2D eigenvalue weighted by Gasteiger charge is 2.27. The molecule has 2 aromatic heterocycles. The number of fused-ring (bicyclic) bond motifs is 1. The molecule has 1 fully saturated rings. The van der Waals surface area contributed by atoms with Crippen LogP contribution in [-0.4, -0.2) is 41.3 Å². The van der Waals surface area contributed by atoms with Crippen molar-refractivity contribution in [2.75, 3.05) is 5.73 Å².